The third kappa shape index (κ3) is 3.88. The van der Waals surface area contributed by atoms with E-state index in [9.17, 15) is 4.79 Å². The van der Waals surface area contributed by atoms with Gasteiger partial charge in [0.1, 0.15) is 5.69 Å². The van der Waals surface area contributed by atoms with E-state index < -0.39 is 0 Å². The highest BCUT2D eigenvalue weighted by atomic mass is 32.1. The number of nitrogens with zero attached hydrogens (tertiary/aromatic N) is 4. The van der Waals surface area contributed by atoms with Gasteiger partial charge in [0.15, 0.2) is 0 Å². The van der Waals surface area contributed by atoms with Crippen LogP contribution in [0.5, 0.6) is 0 Å². The fourth-order valence-corrected chi connectivity index (χ4v) is 2.97. The molecule has 8 heteroatoms. The Balaban J connectivity index is 1.55. The largest absolute Gasteiger partial charge is 0.419 e. The first-order valence-electron chi connectivity index (χ1n) is 7.82. The van der Waals surface area contributed by atoms with Crippen LogP contribution in [0.15, 0.2) is 28.0 Å². The third-order valence-corrected chi connectivity index (χ3v) is 4.37. The maximum absolute atomic E-state index is 11.9. The number of hydrogen-bond donors (Lipinski definition) is 1. The number of nitrogens with one attached hydrogen (secondary N) is 1. The first-order valence-corrected chi connectivity index (χ1v) is 8.70. The van der Waals surface area contributed by atoms with Crippen molar-refractivity contribution in [2.24, 2.45) is 0 Å². The normalized spacial score (nSPS) is 10.9. The van der Waals surface area contributed by atoms with E-state index in [0.29, 0.717) is 31.2 Å². The molecule has 0 aliphatic rings. The molecule has 7 nitrogen and oxygen atoms in total. The number of carbonyl (C=O) groups is 1. The van der Waals surface area contributed by atoms with Crippen molar-refractivity contribution in [2.75, 3.05) is 0 Å². The van der Waals surface area contributed by atoms with Crippen LogP contribution in [-0.2, 0) is 24.3 Å². The quantitative estimate of drug-likeness (QED) is 0.711. The van der Waals surface area contributed by atoms with Crippen molar-refractivity contribution in [1.29, 1.82) is 0 Å². The lowest BCUT2D eigenvalue weighted by Crippen LogP contribution is -2.22. The Morgan fingerprint density at radius 1 is 1.42 bits per heavy atom. The van der Waals surface area contributed by atoms with E-state index in [4.69, 9.17) is 4.42 Å². The van der Waals surface area contributed by atoms with Crippen LogP contribution in [0.2, 0.25) is 0 Å². The fraction of sp³-hybridized carbons (Fsp3) is 0.375. The molecule has 0 radical (unpaired) electrons. The van der Waals surface area contributed by atoms with Gasteiger partial charge in [-0.15, -0.1) is 21.5 Å². The van der Waals surface area contributed by atoms with Gasteiger partial charge in [-0.05, 0) is 31.4 Å². The molecule has 24 heavy (non-hydrogen) atoms. The molecule has 0 bridgehead atoms. The van der Waals surface area contributed by atoms with E-state index in [1.165, 1.54) is 0 Å². The second-order valence-corrected chi connectivity index (χ2v) is 6.38. The van der Waals surface area contributed by atoms with Crippen LogP contribution in [0.3, 0.4) is 0 Å². The number of aryl methyl sites for hydroxylation is 3. The lowest BCUT2D eigenvalue weighted by molar-refractivity contribution is -0.121. The number of amides is 1. The van der Waals surface area contributed by atoms with Gasteiger partial charge in [0.25, 0.3) is 5.89 Å². The van der Waals surface area contributed by atoms with Crippen LogP contribution < -0.4 is 5.32 Å². The van der Waals surface area contributed by atoms with E-state index >= 15 is 0 Å². The molecule has 3 aromatic rings. The highest BCUT2D eigenvalue weighted by molar-refractivity contribution is 7.09. The summed E-state index contributed by atoms with van der Waals surface area (Å²) in [4.78, 5) is 13.0. The summed E-state index contributed by atoms with van der Waals surface area (Å²) in [6, 6.07) is 5.87. The summed E-state index contributed by atoms with van der Waals surface area (Å²) in [6.07, 6.45) is 0.738. The van der Waals surface area contributed by atoms with E-state index in [1.807, 2.05) is 42.1 Å². The standard InChI is InChI=1S/C16H19N5O2S/c1-3-21-13(9-11(2)20-21)16-19-18-15(23-16)7-6-14(22)17-10-12-5-4-8-24-12/h4-5,8-9H,3,6-7,10H2,1-2H3,(H,17,22). The van der Waals surface area contributed by atoms with Gasteiger partial charge in [-0.3, -0.25) is 9.48 Å². The summed E-state index contributed by atoms with van der Waals surface area (Å²) in [5.41, 5.74) is 1.70. The average molecular weight is 345 g/mol. The lowest BCUT2D eigenvalue weighted by Gasteiger charge is -2.01. The van der Waals surface area contributed by atoms with Gasteiger partial charge in [-0.1, -0.05) is 6.07 Å². The van der Waals surface area contributed by atoms with Gasteiger partial charge in [-0.25, -0.2) is 0 Å². The summed E-state index contributed by atoms with van der Waals surface area (Å²) < 4.78 is 7.49. The Morgan fingerprint density at radius 2 is 2.29 bits per heavy atom. The summed E-state index contributed by atoms with van der Waals surface area (Å²) in [7, 11) is 0. The molecule has 0 atom stereocenters. The molecule has 1 amide bonds. The van der Waals surface area contributed by atoms with E-state index in [1.54, 1.807) is 11.3 Å². The molecular weight excluding hydrogens is 326 g/mol. The van der Waals surface area contributed by atoms with Gasteiger partial charge >= 0.3 is 0 Å². The number of hydrogen-bond acceptors (Lipinski definition) is 6. The van der Waals surface area contributed by atoms with Crippen LogP contribution in [0, 0.1) is 6.92 Å². The molecule has 0 unspecified atom stereocenters. The molecule has 0 saturated carbocycles. The van der Waals surface area contributed by atoms with Crippen LogP contribution >= 0.6 is 11.3 Å². The first kappa shape index (κ1) is 16.4. The minimum absolute atomic E-state index is 0.0300. The molecule has 0 aliphatic heterocycles. The van der Waals surface area contributed by atoms with Gasteiger partial charge in [0, 0.05) is 24.3 Å². The molecule has 0 fully saturated rings. The highest BCUT2D eigenvalue weighted by Gasteiger charge is 2.15. The molecule has 0 saturated heterocycles. The number of rotatable bonds is 7. The van der Waals surface area contributed by atoms with Crippen molar-refractivity contribution >= 4 is 17.2 Å². The predicted molar refractivity (Wildman–Crippen MR) is 90.4 cm³/mol. The Bertz CT molecular complexity index is 806. The first-order chi connectivity index (χ1) is 11.7. The Hall–Kier alpha value is -2.48. The van der Waals surface area contributed by atoms with E-state index in [0.717, 1.165) is 22.8 Å². The Morgan fingerprint density at radius 3 is 3.04 bits per heavy atom. The summed E-state index contributed by atoms with van der Waals surface area (Å²) in [5, 5.41) is 17.3. The number of carbonyl (C=O) groups excluding carboxylic acids is 1. The van der Waals surface area contributed by atoms with Crippen molar-refractivity contribution in [3.05, 3.63) is 40.0 Å². The molecule has 3 heterocycles. The predicted octanol–water partition coefficient (Wildman–Crippen LogP) is 2.57. The lowest BCUT2D eigenvalue weighted by atomic mass is 10.3. The molecular formula is C16H19N5O2S. The maximum atomic E-state index is 11.9. The monoisotopic (exact) mass is 345 g/mol. The Labute approximate surface area is 143 Å². The van der Waals surface area contributed by atoms with Crippen LogP contribution in [0.4, 0.5) is 0 Å². The SMILES string of the molecule is CCn1nc(C)cc1-c1nnc(CCC(=O)NCc2cccs2)o1. The molecule has 126 valence electrons. The van der Waals surface area contributed by atoms with Crippen LogP contribution in [-0.4, -0.2) is 25.9 Å². The molecule has 3 rings (SSSR count). The van der Waals surface area contributed by atoms with Crippen LogP contribution in [0.1, 0.15) is 29.8 Å². The van der Waals surface area contributed by atoms with Gasteiger partial charge in [-0.2, -0.15) is 5.10 Å². The maximum Gasteiger partial charge on any atom is 0.265 e. The second-order valence-electron chi connectivity index (χ2n) is 5.34. The van der Waals surface area contributed by atoms with Crippen molar-refractivity contribution in [3.63, 3.8) is 0 Å². The Kier molecular flexibility index (Phi) is 5.05. The molecule has 3 aromatic heterocycles. The zero-order chi connectivity index (χ0) is 16.9. The highest BCUT2D eigenvalue weighted by Crippen LogP contribution is 2.19. The average Bonchev–Trinajstić information content (AvgIpc) is 3.31. The van der Waals surface area contributed by atoms with Gasteiger partial charge in [0.2, 0.25) is 11.8 Å². The molecule has 0 aliphatic carbocycles. The smallest absolute Gasteiger partial charge is 0.265 e. The third-order valence-electron chi connectivity index (χ3n) is 3.49. The minimum atomic E-state index is -0.0300. The minimum Gasteiger partial charge on any atom is -0.419 e. The van der Waals surface area contributed by atoms with E-state index in [-0.39, 0.29) is 5.91 Å². The molecule has 0 spiro atoms. The zero-order valence-electron chi connectivity index (χ0n) is 13.7. The van der Waals surface area contributed by atoms with Crippen LogP contribution in [0.25, 0.3) is 11.6 Å². The summed E-state index contributed by atoms with van der Waals surface area (Å²) in [5.74, 6) is 0.863. The molecule has 1 N–H and O–H groups in total. The van der Waals surface area contributed by atoms with Gasteiger partial charge in [0.05, 0.1) is 12.2 Å². The topological polar surface area (TPSA) is 85.8 Å². The summed E-state index contributed by atoms with van der Waals surface area (Å²) >= 11 is 1.62. The van der Waals surface area contributed by atoms with Gasteiger partial charge < -0.3 is 9.73 Å². The summed E-state index contributed by atoms with van der Waals surface area (Å²) in [6.45, 7) is 5.21. The van der Waals surface area contributed by atoms with E-state index in [2.05, 4.69) is 20.6 Å². The number of aromatic nitrogens is 4. The van der Waals surface area contributed by atoms with Crippen molar-refractivity contribution in [2.45, 2.75) is 39.8 Å². The fourth-order valence-electron chi connectivity index (χ4n) is 2.32. The van der Waals surface area contributed by atoms with Crippen molar-refractivity contribution in [1.82, 2.24) is 25.3 Å². The van der Waals surface area contributed by atoms with Crippen molar-refractivity contribution in [3.8, 4) is 11.6 Å². The second kappa shape index (κ2) is 7.39. The van der Waals surface area contributed by atoms with Crippen molar-refractivity contribution < 1.29 is 9.21 Å². The molecule has 0 aromatic carbocycles. The zero-order valence-corrected chi connectivity index (χ0v) is 14.5. The number of thiophene rings is 1.